The molecule has 0 N–H and O–H groups in total. The largest absolute Gasteiger partial charge is 0.478 e. The van der Waals surface area contributed by atoms with E-state index in [2.05, 4.69) is 0 Å². The Morgan fingerprint density at radius 1 is 1.46 bits per heavy atom. The van der Waals surface area contributed by atoms with Crippen molar-refractivity contribution in [1.29, 1.82) is 5.26 Å². The molecule has 0 aliphatic carbocycles. The van der Waals surface area contributed by atoms with Gasteiger partial charge in [0.2, 0.25) is 0 Å². The average Bonchev–Trinajstić information content (AvgIpc) is 2.16. The molecule has 0 spiro atoms. The Morgan fingerprint density at radius 2 is 2.23 bits per heavy atom. The van der Waals surface area contributed by atoms with Crippen LogP contribution in [0.2, 0.25) is 5.02 Å². The van der Waals surface area contributed by atoms with Crippen LogP contribution in [0.5, 0.6) is 5.75 Å². The lowest BCUT2D eigenvalue weighted by Crippen LogP contribution is -1.96. The maximum Gasteiger partial charge on any atom is 0.174 e. The molecule has 0 atom stereocenters. The van der Waals surface area contributed by atoms with Crippen molar-refractivity contribution in [2.45, 2.75) is 5.88 Å². The molecule has 0 unspecified atom stereocenters. The standard InChI is InChI=1S/C9H7Cl2NO/c10-6-7-5-8(11)1-2-9(7)13-4-3-12/h1-2,5H,4,6H2. The monoisotopic (exact) mass is 215 g/mol. The van der Waals surface area contributed by atoms with Crippen molar-refractivity contribution in [3.05, 3.63) is 28.8 Å². The van der Waals surface area contributed by atoms with Crippen LogP contribution in [0.1, 0.15) is 5.56 Å². The number of nitriles is 1. The predicted molar refractivity (Wildman–Crippen MR) is 52.1 cm³/mol. The minimum absolute atomic E-state index is 0.0194. The molecule has 0 amide bonds. The fourth-order valence-electron chi connectivity index (χ4n) is 0.903. The topological polar surface area (TPSA) is 33.0 Å². The predicted octanol–water partition coefficient (Wildman–Crippen LogP) is 2.98. The molecule has 0 saturated heterocycles. The first-order chi connectivity index (χ1) is 6.27. The highest BCUT2D eigenvalue weighted by Gasteiger charge is 2.02. The highest BCUT2D eigenvalue weighted by atomic mass is 35.5. The number of nitrogens with zero attached hydrogens (tertiary/aromatic N) is 1. The molecular formula is C9H7Cl2NO. The zero-order valence-electron chi connectivity index (χ0n) is 6.76. The molecule has 0 saturated carbocycles. The summed E-state index contributed by atoms with van der Waals surface area (Å²) in [4.78, 5) is 0. The van der Waals surface area contributed by atoms with Gasteiger partial charge in [0.05, 0.1) is 5.88 Å². The SMILES string of the molecule is N#CCOc1ccc(Cl)cc1CCl. The van der Waals surface area contributed by atoms with E-state index < -0.39 is 0 Å². The molecule has 0 bridgehead atoms. The van der Waals surface area contributed by atoms with Gasteiger partial charge in [0, 0.05) is 10.6 Å². The maximum absolute atomic E-state index is 8.31. The van der Waals surface area contributed by atoms with E-state index in [1.54, 1.807) is 18.2 Å². The van der Waals surface area contributed by atoms with Crippen LogP contribution in [0.3, 0.4) is 0 Å². The lowest BCUT2D eigenvalue weighted by atomic mass is 10.2. The van der Waals surface area contributed by atoms with Crippen LogP contribution in [-0.4, -0.2) is 6.61 Å². The molecule has 1 aromatic carbocycles. The van der Waals surface area contributed by atoms with Crippen molar-refractivity contribution in [3.8, 4) is 11.8 Å². The third-order valence-electron chi connectivity index (χ3n) is 1.46. The van der Waals surface area contributed by atoms with Gasteiger partial charge in [-0.1, -0.05) is 11.6 Å². The normalized spacial score (nSPS) is 9.31. The maximum atomic E-state index is 8.31. The van der Waals surface area contributed by atoms with Crippen molar-refractivity contribution in [2.75, 3.05) is 6.61 Å². The highest BCUT2D eigenvalue weighted by Crippen LogP contribution is 2.24. The number of halogens is 2. The Hall–Kier alpha value is -0.910. The van der Waals surface area contributed by atoms with Crippen molar-refractivity contribution < 1.29 is 4.74 Å². The summed E-state index contributed by atoms with van der Waals surface area (Å²) in [5.41, 5.74) is 0.796. The van der Waals surface area contributed by atoms with Gasteiger partial charge in [-0.2, -0.15) is 5.26 Å². The van der Waals surface area contributed by atoms with Crippen molar-refractivity contribution in [1.82, 2.24) is 0 Å². The Labute approximate surface area is 86.6 Å². The van der Waals surface area contributed by atoms with E-state index >= 15 is 0 Å². The van der Waals surface area contributed by atoms with Crippen molar-refractivity contribution >= 4 is 23.2 Å². The lowest BCUT2D eigenvalue weighted by molar-refractivity contribution is 0.365. The second kappa shape index (κ2) is 4.96. The summed E-state index contributed by atoms with van der Waals surface area (Å²) in [6.45, 7) is 0.0194. The second-order valence-corrected chi connectivity index (χ2v) is 3.04. The molecule has 13 heavy (non-hydrogen) atoms. The summed E-state index contributed by atoms with van der Waals surface area (Å²) in [6.07, 6.45) is 0. The number of hydrogen-bond acceptors (Lipinski definition) is 2. The first-order valence-electron chi connectivity index (χ1n) is 3.62. The fourth-order valence-corrected chi connectivity index (χ4v) is 1.31. The molecule has 2 nitrogen and oxygen atoms in total. The van der Waals surface area contributed by atoms with E-state index in [1.165, 1.54) is 0 Å². The number of ether oxygens (including phenoxy) is 1. The van der Waals surface area contributed by atoms with E-state index in [0.717, 1.165) is 5.56 Å². The van der Waals surface area contributed by atoms with Crippen LogP contribution < -0.4 is 4.74 Å². The van der Waals surface area contributed by atoms with E-state index in [0.29, 0.717) is 16.7 Å². The second-order valence-electron chi connectivity index (χ2n) is 2.33. The van der Waals surface area contributed by atoms with Crippen LogP contribution in [0.25, 0.3) is 0 Å². The average molecular weight is 216 g/mol. The smallest absolute Gasteiger partial charge is 0.174 e. The minimum atomic E-state index is 0.0194. The Bertz CT molecular complexity index is 333. The van der Waals surface area contributed by atoms with E-state index in [9.17, 15) is 0 Å². The highest BCUT2D eigenvalue weighted by molar-refractivity contribution is 6.30. The third-order valence-corrected chi connectivity index (χ3v) is 1.98. The van der Waals surface area contributed by atoms with Gasteiger partial charge in [0.25, 0.3) is 0 Å². The summed E-state index contributed by atoms with van der Waals surface area (Å²) in [6, 6.07) is 7.01. The quantitative estimate of drug-likeness (QED) is 0.727. The van der Waals surface area contributed by atoms with Gasteiger partial charge in [-0.3, -0.25) is 0 Å². The van der Waals surface area contributed by atoms with Gasteiger partial charge < -0.3 is 4.74 Å². The third kappa shape index (κ3) is 2.80. The van der Waals surface area contributed by atoms with E-state index in [1.807, 2.05) is 6.07 Å². The van der Waals surface area contributed by atoms with Crippen LogP contribution in [0.15, 0.2) is 18.2 Å². The van der Waals surface area contributed by atoms with E-state index in [4.69, 9.17) is 33.2 Å². The first kappa shape index (κ1) is 10.2. The fraction of sp³-hybridized carbons (Fsp3) is 0.222. The number of hydrogen-bond donors (Lipinski definition) is 0. The Morgan fingerprint density at radius 3 is 2.85 bits per heavy atom. The molecule has 1 aromatic rings. The van der Waals surface area contributed by atoms with Crippen LogP contribution in [-0.2, 0) is 5.88 Å². The molecule has 68 valence electrons. The van der Waals surface area contributed by atoms with Gasteiger partial charge in [0.1, 0.15) is 11.8 Å². The molecule has 0 fully saturated rings. The van der Waals surface area contributed by atoms with Gasteiger partial charge in [-0.15, -0.1) is 11.6 Å². The van der Waals surface area contributed by atoms with Gasteiger partial charge in [-0.25, -0.2) is 0 Å². The molecule has 0 heterocycles. The molecule has 0 radical (unpaired) electrons. The molecule has 0 aliphatic rings. The van der Waals surface area contributed by atoms with Crippen LogP contribution >= 0.6 is 23.2 Å². The molecule has 0 aliphatic heterocycles. The molecular weight excluding hydrogens is 209 g/mol. The van der Waals surface area contributed by atoms with Crippen molar-refractivity contribution in [3.63, 3.8) is 0 Å². The lowest BCUT2D eigenvalue weighted by Gasteiger charge is -2.06. The Balaban J connectivity index is 2.87. The number of benzene rings is 1. The minimum Gasteiger partial charge on any atom is -0.478 e. The molecule has 4 heteroatoms. The first-order valence-corrected chi connectivity index (χ1v) is 4.53. The van der Waals surface area contributed by atoms with Crippen molar-refractivity contribution in [2.24, 2.45) is 0 Å². The summed E-state index contributed by atoms with van der Waals surface area (Å²) in [5, 5.41) is 8.92. The molecule has 0 aromatic heterocycles. The van der Waals surface area contributed by atoms with Gasteiger partial charge in [0.15, 0.2) is 6.61 Å². The zero-order valence-corrected chi connectivity index (χ0v) is 8.27. The van der Waals surface area contributed by atoms with E-state index in [-0.39, 0.29) is 6.61 Å². The summed E-state index contributed by atoms with van der Waals surface area (Å²) >= 11 is 11.4. The number of alkyl halides is 1. The van der Waals surface area contributed by atoms with Gasteiger partial charge >= 0.3 is 0 Å². The Kier molecular flexibility index (Phi) is 3.88. The summed E-state index contributed by atoms with van der Waals surface area (Å²) in [5.74, 6) is 0.933. The van der Waals surface area contributed by atoms with Crippen LogP contribution in [0.4, 0.5) is 0 Å². The van der Waals surface area contributed by atoms with Crippen LogP contribution in [0, 0.1) is 11.3 Å². The van der Waals surface area contributed by atoms with Gasteiger partial charge in [-0.05, 0) is 18.2 Å². The number of rotatable bonds is 3. The zero-order chi connectivity index (χ0) is 9.68. The summed E-state index contributed by atoms with van der Waals surface area (Å²) in [7, 11) is 0. The summed E-state index contributed by atoms with van der Waals surface area (Å²) < 4.78 is 5.13. The molecule has 1 rings (SSSR count).